The molecule has 158 valence electrons. The Bertz CT molecular complexity index is 1290. The fraction of sp³-hybridized carbons (Fsp3) is 0.333. The molecule has 0 amide bonds. The summed E-state index contributed by atoms with van der Waals surface area (Å²) in [5.41, 5.74) is 3.49. The highest BCUT2D eigenvalue weighted by atomic mass is 19.3. The van der Waals surface area contributed by atoms with Gasteiger partial charge in [-0.1, -0.05) is 12.1 Å². The molecule has 2 aromatic carbocycles. The zero-order valence-corrected chi connectivity index (χ0v) is 17.0. The van der Waals surface area contributed by atoms with Crippen LogP contribution >= 0.6 is 0 Å². The molecule has 1 saturated carbocycles. The average Bonchev–Trinajstić information content (AvgIpc) is 3.59. The quantitative estimate of drug-likeness (QED) is 0.673. The third-order valence-corrected chi connectivity index (χ3v) is 6.10. The Morgan fingerprint density at radius 2 is 2.03 bits per heavy atom. The van der Waals surface area contributed by atoms with Crippen molar-refractivity contribution < 1.29 is 13.5 Å². The van der Waals surface area contributed by atoms with E-state index in [1.165, 1.54) is 11.8 Å². The molecule has 1 aromatic heterocycles. The lowest BCUT2D eigenvalue weighted by atomic mass is 9.92. The Morgan fingerprint density at radius 3 is 2.74 bits per heavy atom. The number of nitrogens with one attached hydrogen (secondary N) is 1. The van der Waals surface area contributed by atoms with Crippen LogP contribution in [0.2, 0.25) is 0 Å². The van der Waals surface area contributed by atoms with Gasteiger partial charge in [-0.05, 0) is 61.1 Å². The van der Waals surface area contributed by atoms with Gasteiger partial charge in [-0.15, -0.1) is 0 Å². The fourth-order valence-corrected chi connectivity index (χ4v) is 4.42. The smallest absolute Gasteiger partial charge is 0.387 e. The Morgan fingerprint density at radius 1 is 1.23 bits per heavy atom. The van der Waals surface area contributed by atoms with E-state index in [1.54, 1.807) is 16.7 Å². The highest BCUT2D eigenvalue weighted by Crippen LogP contribution is 2.43. The van der Waals surface area contributed by atoms with E-state index in [-0.39, 0.29) is 22.7 Å². The summed E-state index contributed by atoms with van der Waals surface area (Å²) < 4.78 is 33.8. The Labute approximate surface area is 177 Å². The van der Waals surface area contributed by atoms with E-state index in [1.807, 2.05) is 24.3 Å². The van der Waals surface area contributed by atoms with Crippen molar-refractivity contribution in [2.24, 2.45) is 0 Å². The van der Waals surface area contributed by atoms with Gasteiger partial charge in [-0.2, -0.15) is 14.0 Å². The van der Waals surface area contributed by atoms with Crippen LogP contribution in [0.5, 0.6) is 5.75 Å². The summed E-state index contributed by atoms with van der Waals surface area (Å²) in [5, 5.41) is 13.0. The lowest BCUT2D eigenvalue weighted by Crippen LogP contribution is -2.32. The predicted octanol–water partition coefficient (Wildman–Crippen LogP) is 4.51. The molecule has 2 aliphatic rings. The first-order valence-electron chi connectivity index (χ1n) is 10.4. The average molecular weight is 421 g/mol. The summed E-state index contributed by atoms with van der Waals surface area (Å²) in [4.78, 5) is 12.8. The van der Waals surface area contributed by atoms with Crippen LogP contribution in [-0.4, -0.2) is 17.2 Å². The maximum Gasteiger partial charge on any atom is 0.387 e. The van der Waals surface area contributed by atoms with E-state index in [0.717, 1.165) is 30.4 Å². The lowest BCUT2D eigenvalue weighted by Gasteiger charge is -2.24. The van der Waals surface area contributed by atoms with Crippen molar-refractivity contribution >= 4 is 10.9 Å². The summed E-state index contributed by atoms with van der Waals surface area (Å²) in [6.07, 6.45) is 4.11. The van der Waals surface area contributed by atoms with Gasteiger partial charge in [-0.25, -0.2) is 0 Å². The first kappa shape index (κ1) is 19.7. The van der Waals surface area contributed by atoms with Gasteiger partial charge in [0.25, 0.3) is 0 Å². The largest absolute Gasteiger partial charge is 0.432 e. The van der Waals surface area contributed by atoms with Crippen LogP contribution in [0, 0.1) is 11.3 Å². The van der Waals surface area contributed by atoms with E-state index >= 15 is 0 Å². The SMILES string of the molecule is CC1Cc2ccc(-c3ccc4c(=O)c(C#N)cn(C5CC5)c4c3OC(F)F)cc2CN1. The number of alkyl halides is 2. The molecule has 1 unspecified atom stereocenters. The number of aromatic nitrogens is 1. The maximum absolute atomic E-state index is 13.5. The van der Waals surface area contributed by atoms with Gasteiger partial charge in [0.05, 0.1) is 10.9 Å². The number of pyridine rings is 1. The number of halogens is 2. The van der Waals surface area contributed by atoms with Crippen molar-refractivity contribution in [3.8, 4) is 22.9 Å². The molecule has 1 aliphatic heterocycles. The topological polar surface area (TPSA) is 67.0 Å². The van der Waals surface area contributed by atoms with Crippen molar-refractivity contribution in [2.45, 2.75) is 51.4 Å². The Balaban J connectivity index is 1.77. The van der Waals surface area contributed by atoms with E-state index < -0.39 is 12.0 Å². The van der Waals surface area contributed by atoms with Gasteiger partial charge in [-0.3, -0.25) is 4.79 Å². The lowest BCUT2D eigenvalue weighted by molar-refractivity contribution is -0.0486. The van der Waals surface area contributed by atoms with Gasteiger partial charge in [0.2, 0.25) is 5.43 Å². The summed E-state index contributed by atoms with van der Waals surface area (Å²) in [6, 6.07) is 11.6. The van der Waals surface area contributed by atoms with Gasteiger partial charge < -0.3 is 14.6 Å². The van der Waals surface area contributed by atoms with Crippen LogP contribution in [0.3, 0.4) is 0 Å². The summed E-state index contributed by atoms with van der Waals surface area (Å²) in [6.45, 7) is -0.203. The minimum atomic E-state index is -3.04. The summed E-state index contributed by atoms with van der Waals surface area (Å²) in [5.74, 6) is -0.0157. The second-order valence-electron chi connectivity index (χ2n) is 8.31. The molecule has 1 fully saturated rings. The Hall–Kier alpha value is -3.24. The van der Waals surface area contributed by atoms with Crippen molar-refractivity contribution in [2.75, 3.05) is 0 Å². The van der Waals surface area contributed by atoms with Crippen LogP contribution in [-0.2, 0) is 13.0 Å². The van der Waals surface area contributed by atoms with E-state index in [2.05, 4.69) is 12.2 Å². The summed E-state index contributed by atoms with van der Waals surface area (Å²) in [7, 11) is 0. The van der Waals surface area contributed by atoms with Crippen LogP contribution in [0.1, 0.15) is 42.5 Å². The zero-order chi connectivity index (χ0) is 21.7. The molecule has 31 heavy (non-hydrogen) atoms. The van der Waals surface area contributed by atoms with E-state index in [9.17, 15) is 18.8 Å². The molecule has 5 rings (SSSR count). The van der Waals surface area contributed by atoms with E-state index in [4.69, 9.17) is 4.74 Å². The fourth-order valence-electron chi connectivity index (χ4n) is 4.42. The number of nitriles is 1. The predicted molar refractivity (Wildman–Crippen MR) is 113 cm³/mol. The Kier molecular flexibility index (Phi) is 4.75. The van der Waals surface area contributed by atoms with Crippen molar-refractivity contribution in [3.05, 3.63) is 63.4 Å². The molecular weight excluding hydrogens is 400 g/mol. The third kappa shape index (κ3) is 3.47. The molecule has 3 aromatic rings. The van der Waals surface area contributed by atoms with Crippen molar-refractivity contribution in [1.82, 2.24) is 9.88 Å². The molecule has 0 saturated heterocycles. The van der Waals surface area contributed by atoms with Gasteiger partial charge in [0.1, 0.15) is 11.6 Å². The number of hydrogen-bond donors (Lipinski definition) is 1. The molecule has 1 aliphatic carbocycles. The third-order valence-electron chi connectivity index (χ3n) is 6.10. The minimum Gasteiger partial charge on any atom is -0.432 e. The maximum atomic E-state index is 13.5. The van der Waals surface area contributed by atoms with Crippen LogP contribution in [0.15, 0.2) is 41.3 Å². The summed E-state index contributed by atoms with van der Waals surface area (Å²) >= 11 is 0. The number of hydrogen-bond acceptors (Lipinski definition) is 4. The van der Waals surface area contributed by atoms with Crippen LogP contribution < -0.4 is 15.5 Å². The molecule has 5 nitrogen and oxygen atoms in total. The first-order chi connectivity index (χ1) is 15.0. The molecule has 7 heteroatoms. The van der Waals surface area contributed by atoms with Crippen LogP contribution in [0.4, 0.5) is 8.78 Å². The number of benzene rings is 2. The van der Waals surface area contributed by atoms with Crippen molar-refractivity contribution in [3.63, 3.8) is 0 Å². The molecule has 0 bridgehead atoms. The monoisotopic (exact) mass is 421 g/mol. The van der Waals surface area contributed by atoms with Gasteiger partial charge >= 0.3 is 6.61 Å². The molecule has 2 heterocycles. The number of fused-ring (bicyclic) bond motifs is 2. The van der Waals surface area contributed by atoms with E-state index in [0.29, 0.717) is 23.7 Å². The van der Waals surface area contributed by atoms with Crippen LogP contribution in [0.25, 0.3) is 22.0 Å². The van der Waals surface area contributed by atoms with Gasteiger partial charge in [0, 0.05) is 30.4 Å². The second kappa shape index (κ2) is 7.47. The second-order valence-corrected chi connectivity index (χ2v) is 8.31. The standard InChI is InChI=1S/C24H21F2N3O2/c1-13-8-14-2-3-15(9-16(14)11-28-13)19-6-7-20-21(23(19)31-24(25)26)29(18-4-5-18)12-17(10-27)22(20)30/h2-3,6-7,9,12-13,18,24,28H,4-5,8,11H2,1H3. The van der Waals surface area contributed by atoms with Gasteiger partial charge in [0.15, 0.2) is 5.75 Å². The zero-order valence-electron chi connectivity index (χ0n) is 17.0. The minimum absolute atomic E-state index is 0.00382. The highest BCUT2D eigenvalue weighted by molar-refractivity contribution is 5.93. The number of ether oxygens (including phenoxy) is 1. The molecule has 0 radical (unpaired) electrons. The number of nitrogens with zero attached hydrogens (tertiary/aromatic N) is 2. The number of rotatable bonds is 4. The molecule has 0 spiro atoms. The highest BCUT2D eigenvalue weighted by Gasteiger charge is 2.29. The molecule has 1 N–H and O–H groups in total. The molecular formula is C24H21F2N3O2. The first-order valence-corrected chi connectivity index (χ1v) is 10.4. The molecule has 1 atom stereocenters. The van der Waals surface area contributed by atoms with Crippen molar-refractivity contribution in [1.29, 1.82) is 5.26 Å². The normalized spacial score (nSPS) is 18.1.